The molecule has 0 amide bonds. The molecule has 2 nitrogen and oxygen atoms in total. The highest BCUT2D eigenvalue weighted by molar-refractivity contribution is 5.02. The maximum absolute atomic E-state index is 3.77. The van der Waals surface area contributed by atoms with Crippen molar-refractivity contribution in [1.29, 1.82) is 0 Å². The first kappa shape index (κ1) is 11.0. The molecular formula is C14H26N2. The molecule has 3 aliphatic rings. The molecule has 1 saturated heterocycles. The van der Waals surface area contributed by atoms with E-state index >= 15 is 0 Å². The minimum absolute atomic E-state index is 0.427. The standard InChI is InChI=1S/C14H26N2/c1-11(9-12-3-4-12)16-8-7-15-14(2,10-16)13-5-6-13/h11-13,15H,3-10H2,1-2H3. The van der Waals surface area contributed by atoms with Crippen molar-refractivity contribution in [3.8, 4) is 0 Å². The summed E-state index contributed by atoms with van der Waals surface area (Å²) in [4.78, 5) is 2.74. The Kier molecular flexibility index (Phi) is 2.75. The molecule has 3 fully saturated rings. The van der Waals surface area contributed by atoms with Crippen molar-refractivity contribution >= 4 is 0 Å². The summed E-state index contributed by atoms with van der Waals surface area (Å²) in [5.74, 6) is 2.03. The van der Waals surface area contributed by atoms with Gasteiger partial charge in [-0.25, -0.2) is 0 Å². The molecule has 3 rings (SSSR count). The van der Waals surface area contributed by atoms with Gasteiger partial charge in [0.05, 0.1) is 0 Å². The SMILES string of the molecule is CC(CC1CC1)N1CCNC(C)(C2CC2)C1. The monoisotopic (exact) mass is 222 g/mol. The van der Waals surface area contributed by atoms with Crippen LogP contribution in [0.1, 0.15) is 46.0 Å². The molecule has 1 aliphatic heterocycles. The molecule has 0 aromatic rings. The topological polar surface area (TPSA) is 15.3 Å². The van der Waals surface area contributed by atoms with Gasteiger partial charge in [-0.05, 0) is 44.9 Å². The van der Waals surface area contributed by atoms with Crippen LogP contribution in [0.4, 0.5) is 0 Å². The minimum Gasteiger partial charge on any atom is -0.309 e. The van der Waals surface area contributed by atoms with Crippen molar-refractivity contribution in [3.63, 3.8) is 0 Å². The Morgan fingerprint density at radius 2 is 2.06 bits per heavy atom. The summed E-state index contributed by atoms with van der Waals surface area (Å²) in [6, 6.07) is 0.813. The molecule has 92 valence electrons. The summed E-state index contributed by atoms with van der Waals surface area (Å²) in [6.45, 7) is 8.63. The van der Waals surface area contributed by atoms with Crippen molar-refractivity contribution in [2.24, 2.45) is 11.8 Å². The Bertz CT molecular complexity index is 257. The first-order chi connectivity index (χ1) is 7.67. The molecule has 0 bridgehead atoms. The van der Waals surface area contributed by atoms with Crippen LogP contribution in [0, 0.1) is 11.8 Å². The van der Waals surface area contributed by atoms with Gasteiger partial charge in [-0.1, -0.05) is 12.8 Å². The molecule has 0 aromatic heterocycles. The third-order valence-corrected chi connectivity index (χ3v) is 4.93. The highest BCUT2D eigenvalue weighted by Crippen LogP contribution is 2.41. The van der Waals surface area contributed by atoms with Crippen molar-refractivity contribution in [1.82, 2.24) is 10.2 Å². The fourth-order valence-electron chi connectivity index (χ4n) is 3.40. The zero-order valence-electron chi connectivity index (χ0n) is 10.8. The van der Waals surface area contributed by atoms with Crippen LogP contribution in [-0.4, -0.2) is 36.1 Å². The summed E-state index contributed by atoms with van der Waals surface area (Å²) >= 11 is 0. The van der Waals surface area contributed by atoms with Crippen molar-refractivity contribution in [2.45, 2.75) is 57.5 Å². The third kappa shape index (κ3) is 2.28. The van der Waals surface area contributed by atoms with E-state index in [1.165, 1.54) is 51.7 Å². The smallest absolute Gasteiger partial charge is 0.0309 e. The number of hydrogen-bond acceptors (Lipinski definition) is 2. The van der Waals surface area contributed by atoms with Crippen molar-refractivity contribution in [3.05, 3.63) is 0 Å². The number of piperazine rings is 1. The molecule has 1 N–H and O–H groups in total. The van der Waals surface area contributed by atoms with E-state index in [-0.39, 0.29) is 0 Å². The maximum Gasteiger partial charge on any atom is 0.0309 e. The minimum atomic E-state index is 0.427. The Labute approximate surface area is 99.8 Å². The van der Waals surface area contributed by atoms with Gasteiger partial charge in [0.25, 0.3) is 0 Å². The predicted octanol–water partition coefficient (Wildman–Crippen LogP) is 2.25. The second kappa shape index (κ2) is 3.99. The lowest BCUT2D eigenvalue weighted by Crippen LogP contribution is -2.61. The average Bonchev–Trinajstić information content (AvgIpc) is 3.11. The summed E-state index contributed by atoms with van der Waals surface area (Å²) in [6.07, 6.45) is 7.34. The van der Waals surface area contributed by atoms with E-state index in [0.29, 0.717) is 5.54 Å². The number of rotatable bonds is 4. The molecule has 1 heterocycles. The van der Waals surface area contributed by atoms with E-state index < -0.39 is 0 Å². The lowest BCUT2D eigenvalue weighted by molar-refractivity contribution is 0.0888. The molecule has 16 heavy (non-hydrogen) atoms. The van der Waals surface area contributed by atoms with E-state index in [1.807, 2.05) is 0 Å². The van der Waals surface area contributed by atoms with Gasteiger partial charge >= 0.3 is 0 Å². The van der Waals surface area contributed by atoms with Crippen LogP contribution in [0.3, 0.4) is 0 Å². The lowest BCUT2D eigenvalue weighted by Gasteiger charge is -2.44. The lowest BCUT2D eigenvalue weighted by atomic mass is 9.91. The van der Waals surface area contributed by atoms with Gasteiger partial charge in [0.15, 0.2) is 0 Å². The summed E-state index contributed by atoms with van der Waals surface area (Å²) < 4.78 is 0. The van der Waals surface area contributed by atoms with Crippen LogP contribution >= 0.6 is 0 Å². The van der Waals surface area contributed by atoms with Gasteiger partial charge in [0.1, 0.15) is 0 Å². The largest absolute Gasteiger partial charge is 0.309 e. The van der Waals surface area contributed by atoms with Crippen LogP contribution in [0.25, 0.3) is 0 Å². The van der Waals surface area contributed by atoms with E-state index in [2.05, 4.69) is 24.1 Å². The van der Waals surface area contributed by atoms with Crippen LogP contribution in [-0.2, 0) is 0 Å². The Balaban J connectivity index is 1.57. The predicted molar refractivity (Wildman–Crippen MR) is 67.5 cm³/mol. The number of nitrogens with zero attached hydrogens (tertiary/aromatic N) is 1. The summed E-state index contributed by atoms with van der Waals surface area (Å²) in [5, 5.41) is 3.77. The van der Waals surface area contributed by atoms with Gasteiger partial charge in [0.2, 0.25) is 0 Å². The van der Waals surface area contributed by atoms with Crippen molar-refractivity contribution < 1.29 is 0 Å². The molecule has 2 heteroatoms. The summed E-state index contributed by atoms with van der Waals surface area (Å²) in [5.41, 5.74) is 0.427. The fourth-order valence-corrected chi connectivity index (χ4v) is 3.40. The molecule has 2 unspecified atom stereocenters. The molecule has 0 aromatic carbocycles. The number of nitrogens with one attached hydrogen (secondary N) is 1. The summed E-state index contributed by atoms with van der Waals surface area (Å²) in [7, 11) is 0. The maximum atomic E-state index is 3.77. The van der Waals surface area contributed by atoms with E-state index in [9.17, 15) is 0 Å². The van der Waals surface area contributed by atoms with Crippen molar-refractivity contribution in [2.75, 3.05) is 19.6 Å². The zero-order valence-corrected chi connectivity index (χ0v) is 10.8. The molecule has 2 atom stereocenters. The Hall–Kier alpha value is -0.0800. The molecular weight excluding hydrogens is 196 g/mol. The van der Waals surface area contributed by atoms with Gasteiger partial charge in [-0.3, -0.25) is 4.90 Å². The third-order valence-electron chi connectivity index (χ3n) is 4.93. The van der Waals surface area contributed by atoms with Gasteiger partial charge in [0, 0.05) is 31.2 Å². The van der Waals surface area contributed by atoms with Crippen LogP contribution in [0.2, 0.25) is 0 Å². The van der Waals surface area contributed by atoms with E-state index in [4.69, 9.17) is 0 Å². The van der Waals surface area contributed by atoms with Gasteiger partial charge in [-0.15, -0.1) is 0 Å². The first-order valence-corrected chi connectivity index (χ1v) is 7.16. The first-order valence-electron chi connectivity index (χ1n) is 7.16. The molecule has 0 spiro atoms. The second-order valence-corrected chi connectivity index (χ2v) is 6.62. The second-order valence-electron chi connectivity index (χ2n) is 6.62. The van der Waals surface area contributed by atoms with E-state index in [0.717, 1.165) is 17.9 Å². The van der Waals surface area contributed by atoms with Gasteiger partial charge < -0.3 is 5.32 Å². The number of hydrogen-bond donors (Lipinski definition) is 1. The van der Waals surface area contributed by atoms with Crippen LogP contribution in [0.5, 0.6) is 0 Å². The Morgan fingerprint density at radius 3 is 2.69 bits per heavy atom. The zero-order chi connectivity index (χ0) is 11.2. The van der Waals surface area contributed by atoms with Gasteiger partial charge in [-0.2, -0.15) is 0 Å². The molecule has 0 radical (unpaired) electrons. The fraction of sp³-hybridized carbons (Fsp3) is 1.00. The normalized spacial score (nSPS) is 38.6. The highest BCUT2D eigenvalue weighted by Gasteiger charge is 2.44. The highest BCUT2D eigenvalue weighted by atomic mass is 15.2. The quantitative estimate of drug-likeness (QED) is 0.785. The van der Waals surface area contributed by atoms with E-state index in [1.54, 1.807) is 0 Å². The molecule has 2 saturated carbocycles. The average molecular weight is 222 g/mol. The van der Waals surface area contributed by atoms with Crippen LogP contribution < -0.4 is 5.32 Å². The molecule has 2 aliphatic carbocycles. The Morgan fingerprint density at radius 1 is 1.31 bits per heavy atom. The van der Waals surface area contributed by atoms with Crippen LogP contribution in [0.15, 0.2) is 0 Å².